The summed E-state index contributed by atoms with van der Waals surface area (Å²) >= 11 is 1.84. The number of rotatable bonds is 6. The van der Waals surface area contributed by atoms with Crippen molar-refractivity contribution in [3.63, 3.8) is 0 Å². The van der Waals surface area contributed by atoms with Crippen LogP contribution in [-0.4, -0.2) is 36.4 Å². The van der Waals surface area contributed by atoms with Crippen molar-refractivity contribution in [2.75, 3.05) is 18.7 Å². The van der Waals surface area contributed by atoms with E-state index in [2.05, 4.69) is 5.10 Å². The van der Waals surface area contributed by atoms with Gasteiger partial charge in [-0.1, -0.05) is 0 Å². The maximum atomic E-state index is 14.2. The molecule has 1 heterocycles. The predicted octanol–water partition coefficient (Wildman–Crippen LogP) is 4.26. The van der Waals surface area contributed by atoms with Gasteiger partial charge in [-0.15, -0.1) is 0 Å². The van der Waals surface area contributed by atoms with Crippen LogP contribution in [0.25, 0.3) is 6.08 Å². The first-order valence-corrected chi connectivity index (χ1v) is 9.91. The quantitative estimate of drug-likeness (QED) is 0.181. The molecular formula is C20H12F5IN2O5. The zero-order valence-electron chi connectivity index (χ0n) is 16.7. The molecule has 0 aliphatic carbocycles. The van der Waals surface area contributed by atoms with E-state index in [1.807, 2.05) is 22.6 Å². The highest BCUT2D eigenvalue weighted by Crippen LogP contribution is 2.37. The Morgan fingerprint density at radius 1 is 1.12 bits per heavy atom. The monoisotopic (exact) mass is 582 g/mol. The Kier molecular flexibility index (Phi) is 6.90. The van der Waals surface area contributed by atoms with Crippen molar-refractivity contribution in [3.8, 4) is 11.5 Å². The molecule has 33 heavy (non-hydrogen) atoms. The maximum absolute atomic E-state index is 14.2. The number of carbonyl (C=O) groups excluding carboxylic acids is 1. The number of carboxylic acids is 1. The van der Waals surface area contributed by atoms with E-state index in [1.54, 1.807) is 0 Å². The molecule has 0 fully saturated rings. The number of anilines is 1. The third-order valence-corrected chi connectivity index (χ3v) is 5.17. The molecule has 2 aromatic carbocycles. The lowest BCUT2D eigenvalue weighted by Gasteiger charge is -2.15. The molecule has 1 amide bonds. The predicted molar refractivity (Wildman–Crippen MR) is 114 cm³/mol. The Bertz CT molecular complexity index is 1220. The number of hydrazone groups is 1. The molecule has 13 heteroatoms. The van der Waals surface area contributed by atoms with Gasteiger partial charge < -0.3 is 14.6 Å². The minimum Gasteiger partial charge on any atom is -0.493 e. The molecule has 2 aromatic rings. The average molecular weight is 582 g/mol. The number of ether oxygens (including phenoxy) is 2. The van der Waals surface area contributed by atoms with Gasteiger partial charge >= 0.3 is 5.97 Å². The number of nitrogens with zero attached hydrogens (tertiary/aromatic N) is 2. The van der Waals surface area contributed by atoms with E-state index >= 15 is 0 Å². The Balaban J connectivity index is 2.03. The summed E-state index contributed by atoms with van der Waals surface area (Å²) in [7, 11) is 1.30. The lowest BCUT2D eigenvalue weighted by atomic mass is 10.1. The second kappa shape index (κ2) is 9.33. The van der Waals surface area contributed by atoms with Crippen molar-refractivity contribution < 1.29 is 46.1 Å². The molecule has 0 spiro atoms. The zero-order chi connectivity index (χ0) is 24.6. The number of hydrogen-bond acceptors (Lipinski definition) is 5. The van der Waals surface area contributed by atoms with Crippen molar-refractivity contribution in [3.05, 3.63) is 55.9 Å². The van der Waals surface area contributed by atoms with Crippen molar-refractivity contribution in [1.82, 2.24) is 0 Å². The van der Waals surface area contributed by atoms with Crippen LogP contribution in [0.15, 0.2) is 22.8 Å². The molecule has 0 aromatic heterocycles. The number of methoxy groups -OCH3 is 1. The van der Waals surface area contributed by atoms with Crippen LogP contribution in [0, 0.1) is 32.7 Å². The summed E-state index contributed by atoms with van der Waals surface area (Å²) < 4.78 is 79.6. The zero-order valence-corrected chi connectivity index (χ0v) is 18.8. The fraction of sp³-hybridized carbons (Fsp3) is 0.150. The van der Waals surface area contributed by atoms with E-state index in [0.717, 1.165) is 0 Å². The van der Waals surface area contributed by atoms with Crippen LogP contribution in [-0.2, 0) is 9.59 Å². The number of amides is 1. The van der Waals surface area contributed by atoms with Gasteiger partial charge in [0, 0.05) is 0 Å². The van der Waals surface area contributed by atoms with Crippen LogP contribution in [0.4, 0.5) is 27.6 Å². The van der Waals surface area contributed by atoms with Gasteiger partial charge in [0.2, 0.25) is 5.82 Å². The van der Waals surface area contributed by atoms with Gasteiger partial charge in [-0.25, -0.2) is 26.7 Å². The van der Waals surface area contributed by atoms with E-state index < -0.39 is 53.3 Å². The van der Waals surface area contributed by atoms with E-state index in [-0.39, 0.29) is 27.8 Å². The van der Waals surface area contributed by atoms with Gasteiger partial charge in [-0.05, 0) is 53.3 Å². The largest absolute Gasteiger partial charge is 0.493 e. The Morgan fingerprint density at radius 2 is 1.70 bits per heavy atom. The summed E-state index contributed by atoms with van der Waals surface area (Å²) in [5.74, 6) is -13.3. The van der Waals surface area contributed by atoms with Crippen LogP contribution in [0.2, 0.25) is 0 Å². The second-order valence-corrected chi connectivity index (χ2v) is 7.66. The molecule has 7 nitrogen and oxygen atoms in total. The third kappa shape index (κ3) is 4.49. The van der Waals surface area contributed by atoms with E-state index in [4.69, 9.17) is 14.6 Å². The summed E-state index contributed by atoms with van der Waals surface area (Å²) in [6.45, 7) is 0.677. The van der Waals surface area contributed by atoms with Gasteiger partial charge in [-0.3, -0.25) is 4.79 Å². The number of aliphatic carboxylic acids is 1. The Morgan fingerprint density at radius 3 is 2.24 bits per heavy atom. The lowest BCUT2D eigenvalue weighted by Crippen LogP contribution is -2.25. The molecule has 0 unspecified atom stereocenters. The topological polar surface area (TPSA) is 88.4 Å². The molecule has 1 aliphatic rings. The Labute approximate surface area is 196 Å². The number of hydrogen-bond donors (Lipinski definition) is 1. The molecule has 1 N–H and O–H groups in total. The summed E-state index contributed by atoms with van der Waals surface area (Å²) in [5, 5.41) is 12.5. The molecule has 174 valence electrons. The van der Waals surface area contributed by atoms with Crippen LogP contribution >= 0.6 is 22.6 Å². The molecule has 0 radical (unpaired) electrons. The fourth-order valence-corrected chi connectivity index (χ4v) is 3.66. The molecule has 0 saturated carbocycles. The molecule has 0 saturated heterocycles. The number of halogens is 6. The van der Waals surface area contributed by atoms with Crippen LogP contribution in [0.1, 0.15) is 12.5 Å². The van der Waals surface area contributed by atoms with Gasteiger partial charge in [0.1, 0.15) is 5.69 Å². The number of benzene rings is 2. The Hall–Kier alpha value is -3.23. The van der Waals surface area contributed by atoms with Crippen molar-refractivity contribution >= 4 is 51.9 Å². The summed E-state index contributed by atoms with van der Waals surface area (Å²) in [5.41, 5.74) is -1.40. The minimum absolute atomic E-state index is 0.0517. The van der Waals surface area contributed by atoms with Gasteiger partial charge in [-0.2, -0.15) is 10.1 Å². The number of carboxylic acid groups (broad SMARTS) is 1. The average Bonchev–Trinajstić information content (AvgIpc) is 3.03. The van der Waals surface area contributed by atoms with Crippen molar-refractivity contribution in [1.29, 1.82) is 0 Å². The van der Waals surface area contributed by atoms with Gasteiger partial charge in [0.15, 0.2) is 41.4 Å². The van der Waals surface area contributed by atoms with Gasteiger partial charge in [0.05, 0.1) is 22.0 Å². The van der Waals surface area contributed by atoms with Crippen molar-refractivity contribution in [2.45, 2.75) is 6.92 Å². The first-order valence-electron chi connectivity index (χ1n) is 8.83. The van der Waals surface area contributed by atoms with E-state index in [0.29, 0.717) is 9.13 Å². The summed E-state index contributed by atoms with van der Waals surface area (Å²) in [6.07, 6.45) is 1.26. The normalized spacial score (nSPS) is 14.7. The molecule has 0 bridgehead atoms. The first kappa shape index (κ1) is 24.4. The first-order chi connectivity index (χ1) is 15.5. The van der Waals surface area contributed by atoms with Crippen LogP contribution in [0.3, 0.4) is 0 Å². The minimum atomic E-state index is -2.36. The maximum Gasteiger partial charge on any atom is 0.341 e. The highest BCUT2D eigenvalue weighted by atomic mass is 127. The summed E-state index contributed by atoms with van der Waals surface area (Å²) in [4.78, 5) is 23.5. The SMILES string of the molecule is COc1cc(/C=C2/C(=O)N(c3c(F)c(F)c(F)c(F)c3F)N=C2C)cc(I)c1OCC(=O)O. The third-order valence-electron chi connectivity index (χ3n) is 4.36. The lowest BCUT2D eigenvalue weighted by molar-refractivity contribution is -0.139. The van der Waals surface area contributed by atoms with E-state index in [9.17, 15) is 31.5 Å². The standard InChI is InChI=1S/C20H12F5IN2O5/c1-7-9(3-8-4-10(26)19(11(5-8)32-2)33-6-12(29)30)20(31)28(27-7)18-16(24)14(22)13(21)15(23)17(18)25/h3-5H,6H2,1-2H3,(H,29,30)/b9-3+. The molecule has 3 rings (SSSR count). The van der Waals surface area contributed by atoms with E-state index in [1.165, 1.54) is 32.2 Å². The highest BCUT2D eigenvalue weighted by molar-refractivity contribution is 14.1. The smallest absolute Gasteiger partial charge is 0.341 e. The summed E-state index contributed by atoms with van der Waals surface area (Å²) in [6, 6.07) is 2.89. The molecule has 1 aliphatic heterocycles. The molecule has 0 atom stereocenters. The van der Waals surface area contributed by atoms with Crippen LogP contribution in [0.5, 0.6) is 11.5 Å². The molecular weight excluding hydrogens is 570 g/mol. The highest BCUT2D eigenvalue weighted by Gasteiger charge is 2.37. The number of carbonyl (C=O) groups is 2. The van der Waals surface area contributed by atoms with Gasteiger partial charge in [0.25, 0.3) is 5.91 Å². The fourth-order valence-electron chi connectivity index (χ4n) is 2.88. The van der Waals surface area contributed by atoms with Crippen molar-refractivity contribution in [2.24, 2.45) is 5.10 Å². The second-order valence-electron chi connectivity index (χ2n) is 6.50. The van der Waals surface area contributed by atoms with Crippen LogP contribution < -0.4 is 14.5 Å².